The highest BCUT2D eigenvalue weighted by molar-refractivity contribution is 7.93. The summed E-state index contributed by atoms with van der Waals surface area (Å²) in [5.41, 5.74) is 5.73. The molecule has 1 aromatic carbocycles. The molecule has 98 valence electrons. The number of hydrogen-bond acceptors (Lipinski definition) is 3. The first-order chi connectivity index (χ1) is 8.38. The highest BCUT2D eigenvalue weighted by Crippen LogP contribution is 2.20. The molecule has 4 nitrogen and oxygen atoms in total. The molecule has 1 amide bonds. The second-order valence-electron chi connectivity index (χ2n) is 3.64. The van der Waals surface area contributed by atoms with Crippen molar-refractivity contribution in [1.29, 1.82) is 0 Å². The van der Waals surface area contributed by atoms with Crippen LogP contribution in [0.2, 0.25) is 0 Å². The van der Waals surface area contributed by atoms with Crippen LogP contribution in [0.1, 0.15) is 12.5 Å². The molecule has 6 heteroatoms. The summed E-state index contributed by atoms with van der Waals surface area (Å²) in [5, 5.41) is 0. The van der Waals surface area contributed by atoms with Gasteiger partial charge in [0.15, 0.2) is 14.5 Å². The van der Waals surface area contributed by atoms with E-state index in [2.05, 4.69) is 0 Å². The zero-order valence-electron chi connectivity index (χ0n) is 9.84. The van der Waals surface area contributed by atoms with E-state index in [0.29, 0.717) is 5.56 Å². The Labute approximate surface area is 111 Å². The Morgan fingerprint density at radius 2 is 1.94 bits per heavy atom. The smallest absolute Gasteiger partial charge is 0.247 e. The molecule has 1 unspecified atom stereocenters. The fraction of sp³-hybridized carbons (Fsp3) is 0.250. The quantitative estimate of drug-likeness (QED) is 0.659. The maximum absolute atomic E-state index is 11.7. The van der Waals surface area contributed by atoms with E-state index >= 15 is 0 Å². The number of benzene rings is 1. The van der Waals surface area contributed by atoms with Crippen molar-refractivity contribution in [1.82, 2.24) is 0 Å². The minimum atomic E-state index is -3.57. The summed E-state index contributed by atoms with van der Waals surface area (Å²) in [5.74, 6) is -0.989. The van der Waals surface area contributed by atoms with E-state index < -0.39 is 20.5 Å². The van der Waals surface area contributed by atoms with Crippen LogP contribution in [0.5, 0.6) is 0 Å². The Morgan fingerprint density at radius 1 is 1.39 bits per heavy atom. The molecule has 0 aliphatic heterocycles. The predicted molar refractivity (Wildman–Crippen MR) is 72.7 cm³/mol. The summed E-state index contributed by atoms with van der Waals surface area (Å²) in [6, 6.07) is 8.79. The molecular weight excluding hydrogens is 274 g/mol. The molecule has 1 aromatic rings. The monoisotopic (exact) mass is 287 g/mol. The van der Waals surface area contributed by atoms with E-state index in [0.717, 1.165) is 0 Å². The molecule has 0 saturated heterocycles. The van der Waals surface area contributed by atoms with Gasteiger partial charge in [0.2, 0.25) is 5.91 Å². The summed E-state index contributed by atoms with van der Waals surface area (Å²) >= 11 is 5.83. The summed E-state index contributed by atoms with van der Waals surface area (Å²) in [4.78, 5) is 11.3. The number of alkyl halides is 1. The van der Waals surface area contributed by atoms with Crippen molar-refractivity contribution in [3.05, 3.63) is 41.5 Å². The molecule has 0 aliphatic rings. The van der Waals surface area contributed by atoms with Gasteiger partial charge < -0.3 is 5.73 Å². The average molecular weight is 288 g/mol. The fourth-order valence-corrected chi connectivity index (χ4v) is 2.73. The van der Waals surface area contributed by atoms with Gasteiger partial charge in [-0.15, -0.1) is 0 Å². The average Bonchev–Trinajstić information content (AvgIpc) is 2.36. The molecule has 0 spiro atoms. The Hall–Kier alpha value is -1.33. The van der Waals surface area contributed by atoms with Gasteiger partial charge >= 0.3 is 0 Å². The van der Waals surface area contributed by atoms with Gasteiger partial charge in [-0.2, -0.15) is 0 Å². The zero-order chi connectivity index (χ0) is 13.8. The first kappa shape index (κ1) is 14.7. The number of rotatable bonds is 5. The van der Waals surface area contributed by atoms with Crippen molar-refractivity contribution in [2.45, 2.75) is 11.6 Å². The Morgan fingerprint density at radius 3 is 2.39 bits per heavy atom. The maximum atomic E-state index is 11.7. The topological polar surface area (TPSA) is 77.2 Å². The van der Waals surface area contributed by atoms with Crippen LogP contribution in [0.25, 0.3) is 6.08 Å². The Kier molecular flexibility index (Phi) is 4.93. The fourth-order valence-electron chi connectivity index (χ4n) is 1.32. The highest BCUT2D eigenvalue weighted by Gasteiger charge is 2.28. The molecule has 0 aromatic heterocycles. The van der Waals surface area contributed by atoms with Gasteiger partial charge in [0.05, 0.1) is 5.57 Å². The minimum Gasteiger partial charge on any atom is -0.366 e. The minimum absolute atomic E-state index is 0.121. The third-order valence-corrected chi connectivity index (χ3v) is 5.11. The molecule has 0 heterocycles. The van der Waals surface area contributed by atoms with Crippen molar-refractivity contribution in [3.8, 4) is 0 Å². The lowest BCUT2D eigenvalue weighted by atomic mass is 10.1. The second-order valence-corrected chi connectivity index (χ2v) is 6.71. The molecule has 0 fully saturated rings. The Balaban J connectivity index is 3.20. The Bertz CT molecular complexity index is 552. The van der Waals surface area contributed by atoms with E-state index in [-0.39, 0.29) is 11.3 Å². The van der Waals surface area contributed by atoms with Gasteiger partial charge in [-0.25, -0.2) is 8.42 Å². The van der Waals surface area contributed by atoms with Crippen LogP contribution in [0.15, 0.2) is 35.9 Å². The van der Waals surface area contributed by atoms with E-state index in [1.165, 1.54) is 13.0 Å². The van der Waals surface area contributed by atoms with Crippen molar-refractivity contribution in [3.63, 3.8) is 0 Å². The number of carbonyl (C=O) groups is 1. The molecule has 2 N–H and O–H groups in total. The summed E-state index contributed by atoms with van der Waals surface area (Å²) in [6.07, 6.45) is 1.40. The van der Waals surface area contributed by atoms with Crippen molar-refractivity contribution < 1.29 is 13.2 Å². The van der Waals surface area contributed by atoms with E-state index in [1.54, 1.807) is 24.3 Å². The number of sulfone groups is 1. The summed E-state index contributed by atoms with van der Waals surface area (Å²) < 4.78 is 21.9. The maximum Gasteiger partial charge on any atom is 0.247 e. The third-order valence-electron chi connectivity index (χ3n) is 2.37. The van der Waals surface area contributed by atoms with Crippen molar-refractivity contribution in [2.75, 3.05) is 5.75 Å². The van der Waals surface area contributed by atoms with Crippen LogP contribution >= 0.6 is 11.6 Å². The van der Waals surface area contributed by atoms with Gasteiger partial charge in [-0.05, 0) is 11.6 Å². The lowest BCUT2D eigenvalue weighted by Crippen LogP contribution is -2.28. The number of nitrogens with two attached hydrogens (primary N) is 1. The standard InChI is InChI=1S/C12H14ClNO3S/c1-2-18(16,17)11(13)10(12(14)15)8-9-6-4-3-5-7-9/h3-8,11H,2H2,1H3,(H2,14,15)/b10-8-. The lowest BCUT2D eigenvalue weighted by molar-refractivity contribution is -0.114. The summed E-state index contributed by atoms with van der Waals surface area (Å²) in [7, 11) is -3.57. The predicted octanol–water partition coefficient (Wildman–Crippen LogP) is 1.55. The lowest BCUT2D eigenvalue weighted by Gasteiger charge is -2.11. The summed E-state index contributed by atoms with van der Waals surface area (Å²) in [6.45, 7) is 1.46. The second kappa shape index (κ2) is 6.02. The van der Waals surface area contributed by atoms with Crippen molar-refractivity contribution in [2.24, 2.45) is 5.73 Å². The van der Waals surface area contributed by atoms with E-state index in [9.17, 15) is 13.2 Å². The molecule has 0 bridgehead atoms. The largest absolute Gasteiger partial charge is 0.366 e. The molecule has 0 aliphatic carbocycles. The third kappa shape index (κ3) is 3.58. The van der Waals surface area contributed by atoms with Crippen LogP contribution < -0.4 is 5.73 Å². The molecule has 1 rings (SSSR count). The SMILES string of the molecule is CCS(=O)(=O)C(Cl)/C(=C/c1ccccc1)C(N)=O. The number of carbonyl (C=O) groups excluding carboxylic acids is 1. The number of halogens is 1. The number of primary amides is 1. The van der Waals surface area contributed by atoms with Gasteiger partial charge in [0, 0.05) is 5.75 Å². The van der Waals surface area contributed by atoms with Gasteiger partial charge in [0.1, 0.15) is 0 Å². The molecule has 1 atom stereocenters. The molecule has 18 heavy (non-hydrogen) atoms. The zero-order valence-corrected chi connectivity index (χ0v) is 11.4. The van der Waals surface area contributed by atoms with Crippen LogP contribution in [0, 0.1) is 0 Å². The van der Waals surface area contributed by atoms with Crippen LogP contribution in [0.4, 0.5) is 0 Å². The molecular formula is C12H14ClNO3S. The van der Waals surface area contributed by atoms with Gasteiger partial charge in [0.25, 0.3) is 0 Å². The first-order valence-electron chi connectivity index (χ1n) is 5.30. The first-order valence-corrected chi connectivity index (χ1v) is 7.45. The van der Waals surface area contributed by atoms with Gasteiger partial charge in [-0.1, -0.05) is 48.9 Å². The number of hydrogen-bond donors (Lipinski definition) is 1. The highest BCUT2D eigenvalue weighted by atomic mass is 35.5. The molecule has 0 radical (unpaired) electrons. The van der Waals surface area contributed by atoms with E-state index in [1.807, 2.05) is 6.07 Å². The number of amides is 1. The van der Waals surface area contributed by atoms with Crippen LogP contribution in [-0.4, -0.2) is 24.8 Å². The normalized spacial score (nSPS) is 14.2. The molecule has 0 saturated carbocycles. The van der Waals surface area contributed by atoms with Crippen molar-refractivity contribution >= 4 is 33.4 Å². The van der Waals surface area contributed by atoms with E-state index in [4.69, 9.17) is 17.3 Å². The van der Waals surface area contributed by atoms with Gasteiger partial charge in [-0.3, -0.25) is 4.79 Å². The van der Waals surface area contributed by atoms with Crippen LogP contribution in [0.3, 0.4) is 0 Å². The van der Waals surface area contributed by atoms with Crippen LogP contribution in [-0.2, 0) is 14.6 Å².